The van der Waals surface area contributed by atoms with Gasteiger partial charge in [-0.3, -0.25) is 9.88 Å². The summed E-state index contributed by atoms with van der Waals surface area (Å²) in [6.45, 7) is 2.77. The van der Waals surface area contributed by atoms with E-state index in [0.29, 0.717) is 11.2 Å². The lowest BCUT2D eigenvalue weighted by Gasteiger charge is -2.32. The summed E-state index contributed by atoms with van der Waals surface area (Å²) < 4.78 is 53.9. The van der Waals surface area contributed by atoms with Gasteiger partial charge >= 0.3 is 6.18 Å². The molecule has 3 aromatic heterocycles. The minimum absolute atomic E-state index is 0.0717. The van der Waals surface area contributed by atoms with E-state index in [-0.39, 0.29) is 23.8 Å². The number of hydrogen-bond acceptors (Lipinski definition) is 5. The summed E-state index contributed by atoms with van der Waals surface area (Å²) in [5.41, 5.74) is 1.26. The Kier molecular flexibility index (Phi) is 4.97. The first-order valence-corrected chi connectivity index (χ1v) is 10.6. The van der Waals surface area contributed by atoms with Crippen molar-refractivity contribution in [2.75, 3.05) is 13.1 Å². The van der Waals surface area contributed by atoms with Crippen molar-refractivity contribution in [1.82, 2.24) is 24.4 Å². The molecule has 0 bridgehead atoms. The van der Waals surface area contributed by atoms with Crippen molar-refractivity contribution in [2.24, 2.45) is 0 Å². The highest BCUT2D eigenvalue weighted by Gasteiger charge is 2.38. The summed E-state index contributed by atoms with van der Waals surface area (Å²) in [5, 5.41) is 11.2. The van der Waals surface area contributed by atoms with E-state index in [1.807, 2.05) is 4.57 Å². The predicted molar refractivity (Wildman–Crippen MR) is 108 cm³/mol. The van der Waals surface area contributed by atoms with Crippen LogP contribution in [0.25, 0.3) is 11.2 Å². The average molecular weight is 449 g/mol. The molecule has 2 aliphatic heterocycles. The zero-order chi connectivity index (χ0) is 22.7. The van der Waals surface area contributed by atoms with Crippen molar-refractivity contribution >= 4 is 11.2 Å². The number of aliphatic hydroxyl groups is 1. The van der Waals surface area contributed by atoms with E-state index in [9.17, 15) is 22.7 Å². The van der Waals surface area contributed by atoms with Crippen LogP contribution in [0.3, 0.4) is 0 Å². The highest BCUT2D eigenvalue weighted by atomic mass is 19.4. The maximum atomic E-state index is 13.3. The predicted octanol–water partition coefficient (Wildman–Crippen LogP) is 3.92. The number of fused-ring (bicyclic) bond motifs is 5. The molecule has 0 spiro atoms. The normalized spacial score (nSPS) is 20.9. The second-order valence-corrected chi connectivity index (χ2v) is 8.76. The lowest BCUT2D eigenvalue weighted by molar-refractivity contribution is -0.141. The van der Waals surface area contributed by atoms with Gasteiger partial charge in [-0.15, -0.1) is 0 Å². The molecule has 5 rings (SSSR count). The van der Waals surface area contributed by atoms with Crippen LogP contribution in [0.1, 0.15) is 54.0 Å². The van der Waals surface area contributed by atoms with Crippen LogP contribution in [0.15, 0.2) is 24.5 Å². The van der Waals surface area contributed by atoms with Crippen LogP contribution < -0.4 is 0 Å². The number of rotatable bonds is 4. The number of pyridine rings is 1. The van der Waals surface area contributed by atoms with Crippen LogP contribution in [0.4, 0.5) is 17.6 Å². The summed E-state index contributed by atoms with van der Waals surface area (Å²) in [7, 11) is 0. The van der Waals surface area contributed by atoms with Gasteiger partial charge in [0.1, 0.15) is 23.5 Å². The lowest BCUT2D eigenvalue weighted by Crippen LogP contribution is -2.33. The maximum Gasteiger partial charge on any atom is 0.433 e. The van der Waals surface area contributed by atoms with Crippen LogP contribution in [-0.2, 0) is 31.4 Å². The molecule has 3 aromatic rings. The van der Waals surface area contributed by atoms with Crippen LogP contribution in [0, 0.1) is 0 Å². The van der Waals surface area contributed by atoms with Crippen molar-refractivity contribution < 1.29 is 22.7 Å². The molecule has 10 heteroatoms. The molecular weight excluding hydrogens is 426 g/mol. The fourth-order valence-corrected chi connectivity index (χ4v) is 5.01. The average Bonchev–Trinajstić information content (AvgIpc) is 3.35. The summed E-state index contributed by atoms with van der Waals surface area (Å²) in [6.07, 6.45) is 0.694. The van der Waals surface area contributed by atoms with E-state index < -0.39 is 24.1 Å². The van der Waals surface area contributed by atoms with Gasteiger partial charge in [-0.25, -0.2) is 14.4 Å². The van der Waals surface area contributed by atoms with E-state index in [0.717, 1.165) is 55.9 Å². The Morgan fingerprint density at radius 2 is 1.97 bits per heavy atom. The Hall–Kier alpha value is -2.59. The number of nitrogens with zero attached hydrogens (tertiary/aromatic N) is 5. The molecule has 0 amide bonds. The summed E-state index contributed by atoms with van der Waals surface area (Å²) >= 11 is 0. The minimum atomic E-state index is -4.54. The molecule has 0 saturated carbocycles. The molecule has 6 nitrogen and oxygen atoms in total. The molecule has 1 N–H and O–H groups in total. The minimum Gasteiger partial charge on any atom is -0.384 e. The van der Waals surface area contributed by atoms with Gasteiger partial charge in [0.05, 0.1) is 18.4 Å². The van der Waals surface area contributed by atoms with E-state index >= 15 is 0 Å². The number of alkyl halides is 4. The SMILES string of the molecule is CC(O)(Cn1c2c(c3nc(CF)cnc31)C1CCCN1CC2)c1ccc(C(F)(F)F)nc1. The zero-order valence-electron chi connectivity index (χ0n) is 17.5. The summed E-state index contributed by atoms with van der Waals surface area (Å²) in [6, 6.07) is 2.31. The van der Waals surface area contributed by atoms with E-state index in [4.69, 9.17) is 0 Å². The first-order chi connectivity index (χ1) is 15.2. The van der Waals surface area contributed by atoms with Gasteiger partial charge in [0.2, 0.25) is 0 Å². The van der Waals surface area contributed by atoms with Gasteiger partial charge in [0, 0.05) is 42.0 Å². The molecule has 170 valence electrons. The first kappa shape index (κ1) is 21.3. The molecule has 0 aliphatic carbocycles. The van der Waals surface area contributed by atoms with Gasteiger partial charge in [-0.1, -0.05) is 6.07 Å². The zero-order valence-corrected chi connectivity index (χ0v) is 17.5. The van der Waals surface area contributed by atoms with Gasteiger partial charge < -0.3 is 9.67 Å². The lowest BCUT2D eigenvalue weighted by atomic mass is 9.96. The van der Waals surface area contributed by atoms with Gasteiger partial charge in [-0.05, 0) is 32.4 Å². The van der Waals surface area contributed by atoms with E-state index in [2.05, 4.69) is 19.9 Å². The third-order valence-corrected chi connectivity index (χ3v) is 6.56. The number of hydrogen-bond donors (Lipinski definition) is 1. The third-order valence-electron chi connectivity index (χ3n) is 6.56. The largest absolute Gasteiger partial charge is 0.433 e. The highest BCUT2D eigenvalue weighted by molar-refractivity contribution is 5.79. The van der Waals surface area contributed by atoms with Crippen LogP contribution in [0.5, 0.6) is 0 Å². The molecule has 1 saturated heterocycles. The van der Waals surface area contributed by atoms with Crippen molar-refractivity contribution in [1.29, 1.82) is 0 Å². The van der Waals surface area contributed by atoms with Gasteiger partial charge in [-0.2, -0.15) is 13.2 Å². The van der Waals surface area contributed by atoms with Crippen molar-refractivity contribution in [2.45, 2.75) is 57.2 Å². The maximum absolute atomic E-state index is 13.3. The second kappa shape index (κ2) is 7.48. The molecule has 5 heterocycles. The molecule has 2 aliphatic rings. The Morgan fingerprint density at radius 3 is 2.66 bits per heavy atom. The smallest absolute Gasteiger partial charge is 0.384 e. The van der Waals surface area contributed by atoms with E-state index in [1.54, 1.807) is 6.92 Å². The van der Waals surface area contributed by atoms with Gasteiger partial charge in [0.25, 0.3) is 0 Å². The second-order valence-electron chi connectivity index (χ2n) is 8.76. The van der Waals surface area contributed by atoms with Crippen LogP contribution in [-0.4, -0.2) is 42.6 Å². The van der Waals surface area contributed by atoms with Crippen LogP contribution in [0.2, 0.25) is 0 Å². The van der Waals surface area contributed by atoms with E-state index in [1.165, 1.54) is 12.3 Å². The van der Waals surface area contributed by atoms with Crippen LogP contribution >= 0.6 is 0 Å². The molecule has 32 heavy (non-hydrogen) atoms. The van der Waals surface area contributed by atoms with Crippen molar-refractivity contribution in [3.05, 3.63) is 52.7 Å². The molecule has 0 aromatic carbocycles. The summed E-state index contributed by atoms with van der Waals surface area (Å²) in [4.78, 5) is 14.9. The number of aromatic nitrogens is 4. The molecule has 2 atom stereocenters. The van der Waals surface area contributed by atoms with Crippen molar-refractivity contribution in [3.63, 3.8) is 0 Å². The van der Waals surface area contributed by atoms with Gasteiger partial charge in [0.15, 0.2) is 5.65 Å². The Balaban J connectivity index is 1.58. The standard InChI is InChI=1S/C22H23F4N5O/c1-21(32,13-4-5-17(27-10-13)22(24,25)26)12-31-16-6-8-30-7-2-3-15(30)18(16)19-20(31)28-11-14(9-23)29-19/h4-5,10-11,15,32H,2-3,6-9,12H2,1H3. The Labute approximate surface area is 181 Å². The third kappa shape index (κ3) is 3.45. The molecule has 1 fully saturated rings. The first-order valence-electron chi connectivity index (χ1n) is 10.6. The molecule has 2 unspecified atom stereocenters. The number of halogens is 4. The summed E-state index contributed by atoms with van der Waals surface area (Å²) in [5.74, 6) is 0. The fraction of sp³-hybridized carbons (Fsp3) is 0.500. The van der Waals surface area contributed by atoms with Crippen molar-refractivity contribution in [3.8, 4) is 0 Å². The molecule has 0 radical (unpaired) electrons. The topological polar surface area (TPSA) is 67.1 Å². The fourth-order valence-electron chi connectivity index (χ4n) is 5.01. The monoisotopic (exact) mass is 449 g/mol. The Bertz CT molecular complexity index is 1160. The highest BCUT2D eigenvalue weighted by Crippen LogP contribution is 2.43. The Morgan fingerprint density at radius 1 is 1.16 bits per heavy atom. The quantitative estimate of drug-likeness (QED) is 0.612. The molecular formula is C22H23F4N5O.